The van der Waals surface area contributed by atoms with Gasteiger partial charge in [-0.2, -0.15) is 0 Å². The lowest BCUT2D eigenvalue weighted by Gasteiger charge is -1.95. The summed E-state index contributed by atoms with van der Waals surface area (Å²) in [4.78, 5) is 10.1. The second-order valence-electron chi connectivity index (χ2n) is 2.57. The summed E-state index contributed by atoms with van der Waals surface area (Å²) in [6, 6.07) is 0. The Balaban J connectivity index is 3.08. The van der Waals surface area contributed by atoms with Gasteiger partial charge in [0.05, 0.1) is 6.61 Å². The first-order valence-electron chi connectivity index (χ1n) is 4.34. The van der Waals surface area contributed by atoms with Crippen molar-refractivity contribution in [3.8, 4) is 0 Å². The fourth-order valence-electron chi connectivity index (χ4n) is 0.785. The molecule has 3 heteroatoms. The Morgan fingerprint density at radius 1 is 1.42 bits per heavy atom. The summed E-state index contributed by atoms with van der Waals surface area (Å²) in [6.07, 6.45) is 7.71. The first kappa shape index (κ1) is 11.0. The van der Waals surface area contributed by atoms with Gasteiger partial charge in [0, 0.05) is 0 Å². The lowest BCUT2D eigenvalue weighted by atomic mass is 10.2. The maximum absolute atomic E-state index is 10.1. The van der Waals surface area contributed by atoms with Crippen molar-refractivity contribution in [2.45, 2.75) is 32.6 Å². The van der Waals surface area contributed by atoms with Crippen LogP contribution in [0.5, 0.6) is 0 Å². The van der Waals surface area contributed by atoms with Crippen LogP contribution in [0.15, 0.2) is 12.2 Å². The molecule has 0 aliphatic rings. The molecule has 0 aromatic carbocycles. The highest BCUT2D eigenvalue weighted by Gasteiger charge is 1.88. The zero-order valence-electron chi connectivity index (χ0n) is 7.58. The molecule has 2 N–H and O–H groups in total. The van der Waals surface area contributed by atoms with Gasteiger partial charge in [0.1, 0.15) is 0 Å². The summed E-state index contributed by atoms with van der Waals surface area (Å²) in [5.74, 6) is 0. The van der Waals surface area contributed by atoms with E-state index in [0.29, 0.717) is 6.61 Å². The maximum atomic E-state index is 10.1. The average Bonchev–Trinajstić information content (AvgIpc) is 2.02. The van der Waals surface area contributed by atoms with Crippen LogP contribution < -0.4 is 5.73 Å². The molecule has 0 spiro atoms. The molecule has 0 atom stereocenters. The quantitative estimate of drug-likeness (QED) is 0.492. The van der Waals surface area contributed by atoms with Crippen LogP contribution in [0.2, 0.25) is 0 Å². The lowest BCUT2D eigenvalue weighted by Crippen LogP contribution is -2.13. The summed E-state index contributed by atoms with van der Waals surface area (Å²) in [7, 11) is 0. The van der Waals surface area contributed by atoms with E-state index in [-0.39, 0.29) is 0 Å². The predicted octanol–water partition coefficient (Wildman–Crippen LogP) is 2.22. The van der Waals surface area contributed by atoms with E-state index in [1.807, 2.05) is 6.08 Å². The molecule has 0 heterocycles. The van der Waals surface area contributed by atoms with Gasteiger partial charge in [-0.1, -0.05) is 31.9 Å². The third-order valence-corrected chi connectivity index (χ3v) is 1.42. The number of carbonyl (C=O) groups excluding carboxylic acids is 1. The number of hydrogen-bond acceptors (Lipinski definition) is 2. The molecule has 0 radical (unpaired) electrons. The predicted molar refractivity (Wildman–Crippen MR) is 48.8 cm³/mol. The first-order valence-corrected chi connectivity index (χ1v) is 4.34. The van der Waals surface area contributed by atoms with Crippen molar-refractivity contribution in [3.05, 3.63) is 12.2 Å². The third kappa shape index (κ3) is 9.01. The highest BCUT2D eigenvalue weighted by atomic mass is 16.5. The van der Waals surface area contributed by atoms with Crippen LogP contribution in [0.1, 0.15) is 32.6 Å². The van der Waals surface area contributed by atoms with Gasteiger partial charge in [-0.3, -0.25) is 0 Å². The molecule has 0 aliphatic heterocycles. The largest absolute Gasteiger partial charge is 0.449 e. The SMILES string of the molecule is CCCC/C=C\CCOC(N)=O. The minimum atomic E-state index is -0.697. The summed E-state index contributed by atoms with van der Waals surface area (Å²) in [5.41, 5.74) is 4.77. The molecule has 0 unspecified atom stereocenters. The minimum Gasteiger partial charge on any atom is -0.449 e. The highest BCUT2D eigenvalue weighted by molar-refractivity contribution is 5.64. The number of allylic oxidation sites excluding steroid dienone is 1. The van der Waals surface area contributed by atoms with Gasteiger partial charge < -0.3 is 10.5 Å². The highest BCUT2D eigenvalue weighted by Crippen LogP contribution is 1.96. The number of amides is 1. The molecule has 0 rings (SSSR count). The van der Waals surface area contributed by atoms with Crippen LogP contribution in [-0.4, -0.2) is 12.7 Å². The van der Waals surface area contributed by atoms with Crippen molar-refractivity contribution in [2.24, 2.45) is 5.73 Å². The topological polar surface area (TPSA) is 52.3 Å². The minimum absolute atomic E-state index is 0.387. The van der Waals surface area contributed by atoms with Crippen molar-refractivity contribution < 1.29 is 9.53 Å². The third-order valence-electron chi connectivity index (χ3n) is 1.42. The van der Waals surface area contributed by atoms with Gasteiger partial charge in [0.25, 0.3) is 0 Å². The fourth-order valence-corrected chi connectivity index (χ4v) is 0.785. The van der Waals surface area contributed by atoms with Crippen LogP contribution >= 0.6 is 0 Å². The summed E-state index contributed by atoms with van der Waals surface area (Å²) >= 11 is 0. The molecule has 0 saturated carbocycles. The standard InChI is InChI=1S/C9H17NO2/c1-2-3-4-5-6-7-8-12-9(10)11/h5-6H,2-4,7-8H2,1H3,(H2,10,11)/b6-5-. The van der Waals surface area contributed by atoms with Gasteiger partial charge in [0.2, 0.25) is 0 Å². The Morgan fingerprint density at radius 2 is 2.08 bits per heavy atom. The zero-order chi connectivity index (χ0) is 9.23. The summed E-state index contributed by atoms with van der Waals surface area (Å²) < 4.78 is 4.54. The smallest absolute Gasteiger partial charge is 0.404 e. The van der Waals surface area contributed by atoms with Gasteiger partial charge in [-0.25, -0.2) is 4.79 Å². The van der Waals surface area contributed by atoms with E-state index in [9.17, 15) is 4.79 Å². The average molecular weight is 171 g/mol. The normalized spacial score (nSPS) is 10.4. The number of ether oxygens (including phenoxy) is 1. The second kappa shape index (κ2) is 8.11. The molecule has 3 nitrogen and oxygen atoms in total. The van der Waals surface area contributed by atoms with Crippen molar-refractivity contribution in [1.82, 2.24) is 0 Å². The van der Waals surface area contributed by atoms with Crippen molar-refractivity contribution >= 4 is 6.09 Å². The molecule has 0 saturated heterocycles. The molecule has 0 aromatic rings. The van der Waals surface area contributed by atoms with Crippen molar-refractivity contribution in [1.29, 1.82) is 0 Å². The first-order chi connectivity index (χ1) is 5.77. The van der Waals surface area contributed by atoms with Crippen molar-refractivity contribution in [3.63, 3.8) is 0 Å². The van der Waals surface area contributed by atoms with E-state index in [1.165, 1.54) is 12.8 Å². The monoisotopic (exact) mass is 171 g/mol. The van der Waals surface area contributed by atoms with E-state index in [4.69, 9.17) is 5.73 Å². The Kier molecular flexibility index (Phi) is 7.44. The maximum Gasteiger partial charge on any atom is 0.404 e. The molecule has 0 aromatic heterocycles. The Morgan fingerprint density at radius 3 is 2.67 bits per heavy atom. The fraction of sp³-hybridized carbons (Fsp3) is 0.667. The summed E-state index contributed by atoms with van der Waals surface area (Å²) in [6.45, 7) is 2.54. The zero-order valence-corrected chi connectivity index (χ0v) is 7.58. The van der Waals surface area contributed by atoms with E-state index in [0.717, 1.165) is 12.8 Å². The molecule has 1 amide bonds. The Bertz CT molecular complexity index is 143. The van der Waals surface area contributed by atoms with Gasteiger partial charge in [-0.05, 0) is 12.8 Å². The van der Waals surface area contributed by atoms with Crippen LogP contribution in [0.3, 0.4) is 0 Å². The number of primary amides is 1. The second-order valence-corrected chi connectivity index (χ2v) is 2.57. The number of nitrogens with two attached hydrogens (primary N) is 1. The van der Waals surface area contributed by atoms with Crippen molar-refractivity contribution in [2.75, 3.05) is 6.61 Å². The van der Waals surface area contributed by atoms with Gasteiger partial charge >= 0.3 is 6.09 Å². The molecular formula is C9H17NO2. The van der Waals surface area contributed by atoms with E-state index < -0.39 is 6.09 Å². The van der Waals surface area contributed by atoms with Gasteiger partial charge in [-0.15, -0.1) is 0 Å². The van der Waals surface area contributed by atoms with Crippen LogP contribution in [0.25, 0.3) is 0 Å². The van der Waals surface area contributed by atoms with Gasteiger partial charge in [0.15, 0.2) is 0 Å². The van der Waals surface area contributed by atoms with E-state index >= 15 is 0 Å². The van der Waals surface area contributed by atoms with Crippen LogP contribution in [0, 0.1) is 0 Å². The van der Waals surface area contributed by atoms with Crippen LogP contribution in [-0.2, 0) is 4.74 Å². The number of unbranched alkanes of at least 4 members (excludes halogenated alkanes) is 2. The molecular weight excluding hydrogens is 154 g/mol. The molecule has 0 aliphatic carbocycles. The number of carbonyl (C=O) groups is 1. The molecule has 0 fully saturated rings. The molecule has 0 bridgehead atoms. The van der Waals surface area contributed by atoms with E-state index in [1.54, 1.807) is 0 Å². The Hall–Kier alpha value is -0.990. The lowest BCUT2D eigenvalue weighted by molar-refractivity contribution is 0.159. The molecule has 12 heavy (non-hydrogen) atoms. The number of rotatable bonds is 6. The summed E-state index contributed by atoms with van der Waals surface area (Å²) in [5, 5.41) is 0. The van der Waals surface area contributed by atoms with Crippen LogP contribution in [0.4, 0.5) is 4.79 Å². The molecule has 70 valence electrons. The number of hydrogen-bond donors (Lipinski definition) is 1. The van der Waals surface area contributed by atoms with E-state index in [2.05, 4.69) is 17.7 Å². The Labute approximate surface area is 73.6 Å².